The van der Waals surface area contributed by atoms with E-state index in [4.69, 9.17) is 0 Å². The number of carbonyl (C=O) groups is 2. The zero-order valence-corrected chi connectivity index (χ0v) is 14.6. The van der Waals surface area contributed by atoms with Gasteiger partial charge < -0.3 is 10.6 Å². The number of nitrogens with zero attached hydrogens (tertiary/aromatic N) is 4. The molecular formula is C17H16N6O2S. The molecule has 2 heterocycles. The molecule has 2 N–H and O–H groups in total. The molecule has 0 spiro atoms. The van der Waals surface area contributed by atoms with Crippen LogP contribution in [0.15, 0.2) is 41.8 Å². The standard InChI is InChI=1S/C17H16N6O2S/c24-15(10-18-17(25)14-5-2-8-26-14)19-12-4-1-3-11(9-12)16-20-21-22-23(16)13-6-7-13/h1-5,8-9,13H,6-7,10H2,(H,18,25)(H,19,24). The minimum absolute atomic E-state index is 0.0965. The summed E-state index contributed by atoms with van der Waals surface area (Å²) in [5.74, 6) is 0.135. The molecule has 1 aliphatic rings. The molecule has 0 bridgehead atoms. The summed E-state index contributed by atoms with van der Waals surface area (Å²) < 4.78 is 1.82. The average molecular weight is 368 g/mol. The zero-order chi connectivity index (χ0) is 17.9. The number of nitrogens with one attached hydrogen (secondary N) is 2. The van der Waals surface area contributed by atoms with Crippen LogP contribution in [-0.4, -0.2) is 38.6 Å². The molecule has 26 heavy (non-hydrogen) atoms. The Morgan fingerprint density at radius 1 is 1.23 bits per heavy atom. The van der Waals surface area contributed by atoms with Crippen molar-refractivity contribution in [3.63, 3.8) is 0 Å². The highest BCUT2D eigenvalue weighted by Crippen LogP contribution is 2.36. The summed E-state index contributed by atoms with van der Waals surface area (Å²) >= 11 is 1.33. The summed E-state index contributed by atoms with van der Waals surface area (Å²) in [7, 11) is 0. The van der Waals surface area contributed by atoms with Gasteiger partial charge in [0.15, 0.2) is 5.82 Å². The van der Waals surface area contributed by atoms with Gasteiger partial charge in [-0.1, -0.05) is 18.2 Å². The van der Waals surface area contributed by atoms with Gasteiger partial charge in [0.05, 0.1) is 17.5 Å². The molecule has 2 amide bonds. The van der Waals surface area contributed by atoms with Crippen molar-refractivity contribution >= 4 is 28.8 Å². The Balaban J connectivity index is 1.39. The Morgan fingerprint density at radius 3 is 2.88 bits per heavy atom. The number of carbonyl (C=O) groups excluding carboxylic acids is 2. The molecule has 1 aromatic carbocycles. The first-order chi connectivity index (χ1) is 12.7. The lowest BCUT2D eigenvalue weighted by atomic mass is 10.2. The van der Waals surface area contributed by atoms with Gasteiger partial charge in [0.2, 0.25) is 5.91 Å². The first-order valence-electron chi connectivity index (χ1n) is 8.20. The van der Waals surface area contributed by atoms with E-state index in [1.807, 2.05) is 28.3 Å². The van der Waals surface area contributed by atoms with E-state index in [1.54, 1.807) is 18.2 Å². The van der Waals surface area contributed by atoms with Gasteiger partial charge in [-0.05, 0) is 46.8 Å². The number of amides is 2. The normalized spacial score (nSPS) is 13.4. The van der Waals surface area contributed by atoms with Gasteiger partial charge in [0.25, 0.3) is 5.91 Å². The van der Waals surface area contributed by atoms with Gasteiger partial charge in [-0.25, -0.2) is 4.68 Å². The Kier molecular flexibility index (Phi) is 4.44. The fourth-order valence-electron chi connectivity index (χ4n) is 2.55. The van der Waals surface area contributed by atoms with Crippen molar-refractivity contribution in [2.45, 2.75) is 18.9 Å². The van der Waals surface area contributed by atoms with E-state index < -0.39 is 0 Å². The minimum atomic E-state index is -0.297. The molecule has 0 radical (unpaired) electrons. The summed E-state index contributed by atoms with van der Waals surface area (Å²) in [5, 5.41) is 19.1. The SMILES string of the molecule is O=C(CNC(=O)c1cccs1)Nc1cccc(-c2nnnn2C2CC2)c1. The predicted octanol–water partition coefficient (Wildman–Crippen LogP) is 2.10. The summed E-state index contributed by atoms with van der Waals surface area (Å²) in [4.78, 5) is 24.6. The number of rotatable bonds is 6. The van der Waals surface area contributed by atoms with Crippen LogP contribution in [0.3, 0.4) is 0 Å². The van der Waals surface area contributed by atoms with Crippen LogP contribution in [0, 0.1) is 0 Å². The van der Waals surface area contributed by atoms with E-state index in [0.29, 0.717) is 22.4 Å². The van der Waals surface area contributed by atoms with Crippen molar-refractivity contribution in [1.29, 1.82) is 0 Å². The van der Waals surface area contributed by atoms with Gasteiger partial charge in [-0.15, -0.1) is 16.4 Å². The van der Waals surface area contributed by atoms with Gasteiger partial charge >= 0.3 is 0 Å². The highest BCUT2D eigenvalue weighted by atomic mass is 32.1. The number of anilines is 1. The third kappa shape index (κ3) is 3.62. The van der Waals surface area contributed by atoms with Crippen LogP contribution >= 0.6 is 11.3 Å². The second kappa shape index (κ2) is 7.04. The van der Waals surface area contributed by atoms with E-state index in [0.717, 1.165) is 18.4 Å². The molecule has 1 aliphatic carbocycles. The lowest BCUT2D eigenvalue weighted by molar-refractivity contribution is -0.115. The lowest BCUT2D eigenvalue weighted by Gasteiger charge is -2.08. The maximum Gasteiger partial charge on any atom is 0.261 e. The van der Waals surface area contributed by atoms with Crippen LogP contribution in [-0.2, 0) is 4.79 Å². The maximum atomic E-state index is 12.1. The smallest absolute Gasteiger partial charge is 0.261 e. The van der Waals surface area contributed by atoms with E-state index >= 15 is 0 Å². The monoisotopic (exact) mass is 368 g/mol. The van der Waals surface area contributed by atoms with Crippen molar-refractivity contribution < 1.29 is 9.59 Å². The Morgan fingerprint density at radius 2 is 2.12 bits per heavy atom. The number of tetrazole rings is 1. The first-order valence-corrected chi connectivity index (χ1v) is 9.08. The molecule has 1 fully saturated rings. The predicted molar refractivity (Wildman–Crippen MR) is 96.8 cm³/mol. The third-order valence-electron chi connectivity index (χ3n) is 3.94. The largest absolute Gasteiger partial charge is 0.342 e. The van der Waals surface area contributed by atoms with Crippen molar-refractivity contribution in [1.82, 2.24) is 25.5 Å². The van der Waals surface area contributed by atoms with Crippen LogP contribution in [0.2, 0.25) is 0 Å². The first kappa shape index (κ1) is 16.4. The highest BCUT2D eigenvalue weighted by molar-refractivity contribution is 7.12. The highest BCUT2D eigenvalue weighted by Gasteiger charge is 2.28. The van der Waals surface area contributed by atoms with E-state index in [-0.39, 0.29) is 18.4 Å². The van der Waals surface area contributed by atoms with Crippen molar-refractivity contribution in [2.24, 2.45) is 0 Å². The maximum absolute atomic E-state index is 12.1. The fraction of sp³-hybridized carbons (Fsp3) is 0.235. The molecule has 4 rings (SSSR count). The molecule has 132 valence electrons. The second-order valence-electron chi connectivity index (χ2n) is 5.97. The number of hydrogen-bond acceptors (Lipinski definition) is 6. The van der Waals surface area contributed by atoms with Gasteiger partial charge in [-0.3, -0.25) is 9.59 Å². The number of hydrogen-bond donors (Lipinski definition) is 2. The van der Waals surface area contributed by atoms with Crippen molar-refractivity contribution in [3.8, 4) is 11.4 Å². The van der Waals surface area contributed by atoms with Gasteiger partial charge in [0.1, 0.15) is 0 Å². The number of aromatic nitrogens is 4. The van der Waals surface area contributed by atoms with Crippen molar-refractivity contribution in [2.75, 3.05) is 11.9 Å². The molecule has 0 saturated heterocycles. The van der Waals surface area contributed by atoms with Crippen molar-refractivity contribution in [3.05, 3.63) is 46.7 Å². The summed E-state index contributed by atoms with van der Waals surface area (Å²) in [6.45, 7) is -0.0965. The number of benzene rings is 1. The van der Waals surface area contributed by atoms with Gasteiger partial charge in [0, 0.05) is 11.3 Å². The topological polar surface area (TPSA) is 102 Å². The quantitative estimate of drug-likeness (QED) is 0.694. The summed E-state index contributed by atoms with van der Waals surface area (Å²) in [6, 6.07) is 11.2. The molecule has 0 atom stereocenters. The molecule has 2 aromatic heterocycles. The molecule has 3 aromatic rings. The molecule has 9 heteroatoms. The minimum Gasteiger partial charge on any atom is -0.342 e. The van der Waals surface area contributed by atoms with Crippen LogP contribution in [0.5, 0.6) is 0 Å². The Bertz CT molecular complexity index is 932. The van der Waals surface area contributed by atoms with E-state index in [9.17, 15) is 9.59 Å². The summed E-state index contributed by atoms with van der Waals surface area (Å²) in [5.41, 5.74) is 1.46. The molecule has 0 unspecified atom stereocenters. The van der Waals surface area contributed by atoms with Crippen LogP contribution in [0.4, 0.5) is 5.69 Å². The second-order valence-corrected chi connectivity index (χ2v) is 6.91. The molecule has 1 saturated carbocycles. The van der Waals surface area contributed by atoms with E-state index in [1.165, 1.54) is 11.3 Å². The summed E-state index contributed by atoms with van der Waals surface area (Å²) in [6.07, 6.45) is 2.16. The zero-order valence-electron chi connectivity index (χ0n) is 13.8. The Labute approximate surface area is 153 Å². The lowest BCUT2D eigenvalue weighted by Crippen LogP contribution is -2.32. The third-order valence-corrected chi connectivity index (χ3v) is 4.81. The van der Waals surface area contributed by atoms with Gasteiger partial charge in [-0.2, -0.15) is 0 Å². The van der Waals surface area contributed by atoms with Crippen LogP contribution < -0.4 is 10.6 Å². The Hall–Kier alpha value is -3.07. The molecular weight excluding hydrogens is 352 g/mol. The van der Waals surface area contributed by atoms with Crippen LogP contribution in [0.1, 0.15) is 28.6 Å². The average Bonchev–Trinajstić information content (AvgIpc) is 3.13. The fourth-order valence-corrected chi connectivity index (χ4v) is 3.19. The van der Waals surface area contributed by atoms with Crippen LogP contribution in [0.25, 0.3) is 11.4 Å². The van der Waals surface area contributed by atoms with E-state index in [2.05, 4.69) is 26.2 Å². The molecule has 0 aliphatic heterocycles. The molecule has 8 nitrogen and oxygen atoms in total. The number of thiophene rings is 1.